The maximum Gasteiger partial charge on any atom is 0.271 e. The highest BCUT2D eigenvalue weighted by atomic mass is 16.5. The predicted molar refractivity (Wildman–Crippen MR) is 74.8 cm³/mol. The molecule has 0 saturated carbocycles. The molecule has 0 radical (unpaired) electrons. The lowest BCUT2D eigenvalue weighted by Crippen LogP contribution is -2.29. The molecule has 1 aromatic heterocycles. The quantitative estimate of drug-likeness (QED) is 0.919. The number of amides is 1. The minimum atomic E-state index is -0.133. The van der Waals surface area contributed by atoms with Gasteiger partial charge in [-0.05, 0) is 24.6 Å². The van der Waals surface area contributed by atoms with Gasteiger partial charge in [-0.2, -0.15) is 5.10 Å². The first-order chi connectivity index (χ1) is 9.83. The van der Waals surface area contributed by atoms with E-state index < -0.39 is 0 Å². The molecule has 20 heavy (non-hydrogen) atoms. The minimum absolute atomic E-state index is 0.133. The minimum Gasteiger partial charge on any atom is -0.381 e. The average Bonchev–Trinajstić information content (AvgIpc) is 3.17. The summed E-state index contributed by atoms with van der Waals surface area (Å²) in [4.78, 5) is 12.0. The van der Waals surface area contributed by atoms with Gasteiger partial charge in [-0.1, -0.05) is 18.2 Å². The SMILES string of the molecule is O=C(NC[C@@H]1CCOC1)c1ccn(-c2ccccc2)n1. The van der Waals surface area contributed by atoms with Crippen molar-refractivity contribution in [2.45, 2.75) is 6.42 Å². The van der Waals surface area contributed by atoms with Crippen molar-refractivity contribution in [1.29, 1.82) is 0 Å². The smallest absolute Gasteiger partial charge is 0.271 e. The summed E-state index contributed by atoms with van der Waals surface area (Å²) in [7, 11) is 0. The van der Waals surface area contributed by atoms with Crippen LogP contribution in [0.5, 0.6) is 0 Å². The zero-order valence-electron chi connectivity index (χ0n) is 11.2. The summed E-state index contributed by atoms with van der Waals surface area (Å²) in [5.41, 5.74) is 1.38. The zero-order chi connectivity index (χ0) is 13.8. The first kappa shape index (κ1) is 12.9. The number of hydrogen-bond acceptors (Lipinski definition) is 3. The Balaban J connectivity index is 1.62. The Bertz CT molecular complexity index is 574. The van der Waals surface area contributed by atoms with E-state index in [0.29, 0.717) is 18.2 Å². The van der Waals surface area contributed by atoms with Gasteiger partial charge < -0.3 is 10.1 Å². The van der Waals surface area contributed by atoms with E-state index in [4.69, 9.17) is 4.74 Å². The molecule has 1 aromatic carbocycles. The first-order valence-corrected chi connectivity index (χ1v) is 6.80. The molecule has 1 saturated heterocycles. The maximum atomic E-state index is 12.0. The summed E-state index contributed by atoms with van der Waals surface area (Å²) >= 11 is 0. The Kier molecular flexibility index (Phi) is 3.78. The van der Waals surface area contributed by atoms with Crippen LogP contribution in [0.15, 0.2) is 42.6 Å². The molecule has 0 unspecified atom stereocenters. The van der Waals surface area contributed by atoms with Gasteiger partial charge >= 0.3 is 0 Å². The number of rotatable bonds is 4. The highest BCUT2D eigenvalue weighted by Gasteiger charge is 2.17. The summed E-state index contributed by atoms with van der Waals surface area (Å²) in [6.45, 7) is 2.18. The molecule has 1 aliphatic heterocycles. The van der Waals surface area contributed by atoms with E-state index >= 15 is 0 Å². The van der Waals surface area contributed by atoms with Crippen LogP contribution in [0.25, 0.3) is 5.69 Å². The van der Waals surface area contributed by atoms with Crippen LogP contribution in [0.3, 0.4) is 0 Å². The van der Waals surface area contributed by atoms with Crippen LogP contribution in [0.2, 0.25) is 0 Å². The summed E-state index contributed by atoms with van der Waals surface area (Å²) in [5.74, 6) is 0.293. The van der Waals surface area contributed by atoms with Crippen molar-refractivity contribution < 1.29 is 9.53 Å². The third-order valence-corrected chi connectivity index (χ3v) is 3.42. The Morgan fingerprint density at radius 3 is 2.95 bits per heavy atom. The molecule has 5 heteroatoms. The molecule has 1 aliphatic rings. The van der Waals surface area contributed by atoms with Crippen molar-refractivity contribution in [3.63, 3.8) is 0 Å². The van der Waals surface area contributed by atoms with Crippen molar-refractivity contribution in [3.05, 3.63) is 48.3 Å². The molecule has 1 amide bonds. The van der Waals surface area contributed by atoms with E-state index in [2.05, 4.69) is 10.4 Å². The Labute approximate surface area is 117 Å². The van der Waals surface area contributed by atoms with Gasteiger partial charge in [-0.25, -0.2) is 4.68 Å². The topological polar surface area (TPSA) is 56.1 Å². The Morgan fingerprint density at radius 1 is 1.35 bits per heavy atom. The van der Waals surface area contributed by atoms with E-state index in [1.54, 1.807) is 16.9 Å². The first-order valence-electron chi connectivity index (χ1n) is 6.80. The standard InChI is InChI=1S/C15H17N3O2/c19-15(16-10-12-7-9-20-11-12)14-6-8-18(17-14)13-4-2-1-3-5-13/h1-6,8,12H,7,9-11H2,(H,16,19)/t12-/m0/s1. The largest absolute Gasteiger partial charge is 0.381 e. The number of carbonyl (C=O) groups is 1. The van der Waals surface area contributed by atoms with E-state index in [9.17, 15) is 4.79 Å². The van der Waals surface area contributed by atoms with Gasteiger partial charge in [0.05, 0.1) is 12.3 Å². The van der Waals surface area contributed by atoms with Gasteiger partial charge in [0, 0.05) is 25.3 Å². The van der Waals surface area contributed by atoms with E-state index in [1.807, 2.05) is 30.3 Å². The summed E-state index contributed by atoms with van der Waals surface area (Å²) in [5, 5.41) is 7.21. The summed E-state index contributed by atoms with van der Waals surface area (Å²) < 4.78 is 6.99. The second kappa shape index (κ2) is 5.88. The fraction of sp³-hybridized carbons (Fsp3) is 0.333. The fourth-order valence-corrected chi connectivity index (χ4v) is 2.24. The van der Waals surface area contributed by atoms with E-state index in [0.717, 1.165) is 25.3 Å². The van der Waals surface area contributed by atoms with Crippen molar-refractivity contribution in [1.82, 2.24) is 15.1 Å². The lowest BCUT2D eigenvalue weighted by atomic mass is 10.1. The average molecular weight is 271 g/mol. The Hall–Kier alpha value is -2.14. The van der Waals surface area contributed by atoms with Crippen LogP contribution < -0.4 is 5.32 Å². The number of aromatic nitrogens is 2. The van der Waals surface area contributed by atoms with Gasteiger partial charge in [0.15, 0.2) is 5.69 Å². The number of nitrogens with one attached hydrogen (secondary N) is 1. The fourth-order valence-electron chi connectivity index (χ4n) is 2.24. The van der Waals surface area contributed by atoms with Gasteiger partial charge in [0.1, 0.15) is 0 Å². The van der Waals surface area contributed by atoms with Gasteiger partial charge in [-0.3, -0.25) is 4.79 Å². The van der Waals surface area contributed by atoms with E-state index in [-0.39, 0.29) is 5.91 Å². The third kappa shape index (κ3) is 2.88. The zero-order valence-corrected chi connectivity index (χ0v) is 11.2. The molecule has 104 valence electrons. The van der Waals surface area contributed by atoms with E-state index in [1.165, 1.54) is 0 Å². The predicted octanol–water partition coefficient (Wildman–Crippen LogP) is 1.64. The molecule has 3 rings (SSSR count). The maximum absolute atomic E-state index is 12.0. The second-order valence-corrected chi connectivity index (χ2v) is 4.92. The molecule has 1 fully saturated rings. The molecular formula is C15H17N3O2. The van der Waals surface area contributed by atoms with Crippen molar-refractivity contribution in [2.75, 3.05) is 19.8 Å². The van der Waals surface area contributed by atoms with Crippen LogP contribution in [-0.4, -0.2) is 35.4 Å². The molecule has 0 aliphatic carbocycles. The van der Waals surface area contributed by atoms with Gasteiger partial charge in [0.2, 0.25) is 0 Å². The highest BCUT2D eigenvalue weighted by Crippen LogP contribution is 2.11. The molecule has 1 N–H and O–H groups in total. The van der Waals surface area contributed by atoms with Crippen LogP contribution >= 0.6 is 0 Å². The number of ether oxygens (including phenoxy) is 1. The Morgan fingerprint density at radius 2 is 2.20 bits per heavy atom. The van der Waals surface area contributed by atoms with Crippen LogP contribution in [0.1, 0.15) is 16.9 Å². The number of carbonyl (C=O) groups excluding carboxylic acids is 1. The number of para-hydroxylation sites is 1. The molecule has 2 heterocycles. The molecule has 2 aromatic rings. The normalized spacial score (nSPS) is 18.1. The molecule has 5 nitrogen and oxygen atoms in total. The molecule has 0 spiro atoms. The van der Waals surface area contributed by atoms with Crippen molar-refractivity contribution >= 4 is 5.91 Å². The number of benzene rings is 1. The van der Waals surface area contributed by atoms with Gasteiger partial charge in [-0.15, -0.1) is 0 Å². The lowest BCUT2D eigenvalue weighted by molar-refractivity contribution is 0.0939. The highest BCUT2D eigenvalue weighted by molar-refractivity contribution is 5.92. The number of nitrogens with zero attached hydrogens (tertiary/aromatic N) is 2. The van der Waals surface area contributed by atoms with Crippen LogP contribution in [0, 0.1) is 5.92 Å². The van der Waals surface area contributed by atoms with Gasteiger partial charge in [0.25, 0.3) is 5.91 Å². The summed E-state index contributed by atoms with van der Waals surface area (Å²) in [6, 6.07) is 11.5. The van der Waals surface area contributed by atoms with Crippen LogP contribution in [0.4, 0.5) is 0 Å². The summed E-state index contributed by atoms with van der Waals surface area (Å²) in [6.07, 6.45) is 2.81. The van der Waals surface area contributed by atoms with Crippen molar-refractivity contribution in [2.24, 2.45) is 5.92 Å². The van der Waals surface area contributed by atoms with Crippen molar-refractivity contribution in [3.8, 4) is 5.69 Å². The lowest BCUT2D eigenvalue weighted by Gasteiger charge is -2.07. The van der Waals surface area contributed by atoms with Crippen LogP contribution in [-0.2, 0) is 4.74 Å². The third-order valence-electron chi connectivity index (χ3n) is 3.42. The molecule has 0 bridgehead atoms. The molecular weight excluding hydrogens is 254 g/mol. The molecule has 1 atom stereocenters. The second-order valence-electron chi connectivity index (χ2n) is 4.92. The number of hydrogen-bond donors (Lipinski definition) is 1. The monoisotopic (exact) mass is 271 g/mol.